The molecule has 21 heavy (non-hydrogen) atoms. The van der Waals surface area contributed by atoms with Crippen molar-refractivity contribution in [2.75, 3.05) is 53.7 Å². The van der Waals surface area contributed by atoms with Crippen molar-refractivity contribution in [3.05, 3.63) is 35.9 Å². The van der Waals surface area contributed by atoms with Gasteiger partial charge in [-0.05, 0) is 30.9 Å². The molecule has 0 amide bonds. The third kappa shape index (κ3) is 9.58. The van der Waals surface area contributed by atoms with Gasteiger partial charge in [-0.3, -0.25) is 0 Å². The molecule has 4 nitrogen and oxygen atoms in total. The van der Waals surface area contributed by atoms with Crippen molar-refractivity contribution < 1.29 is 14.2 Å². The zero-order valence-corrected chi connectivity index (χ0v) is 13.3. The molecule has 0 heterocycles. The Kier molecular flexibility index (Phi) is 11.0. The first-order chi connectivity index (χ1) is 10.4. The summed E-state index contributed by atoms with van der Waals surface area (Å²) >= 11 is 0. The van der Waals surface area contributed by atoms with Gasteiger partial charge in [0.05, 0.1) is 19.8 Å². The van der Waals surface area contributed by atoms with Gasteiger partial charge in [0.25, 0.3) is 0 Å². The summed E-state index contributed by atoms with van der Waals surface area (Å²) < 4.78 is 15.6. The average molecular weight is 295 g/mol. The molecule has 1 atom stereocenters. The lowest BCUT2D eigenvalue weighted by molar-refractivity contribution is 0.0635. The fourth-order valence-corrected chi connectivity index (χ4v) is 2.20. The van der Waals surface area contributed by atoms with Crippen molar-refractivity contribution in [2.45, 2.75) is 12.8 Å². The Balaban J connectivity index is 2.30. The molecular formula is C17H29NO3. The third-order valence-electron chi connectivity index (χ3n) is 3.39. The topological polar surface area (TPSA) is 39.7 Å². The van der Waals surface area contributed by atoms with Crippen LogP contribution in [0, 0.1) is 5.92 Å². The van der Waals surface area contributed by atoms with Gasteiger partial charge < -0.3 is 19.5 Å². The van der Waals surface area contributed by atoms with Gasteiger partial charge in [0.1, 0.15) is 0 Å². The van der Waals surface area contributed by atoms with Crippen LogP contribution < -0.4 is 5.32 Å². The smallest absolute Gasteiger partial charge is 0.0700 e. The molecule has 0 aliphatic carbocycles. The minimum atomic E-state index is 0.576. The molecule has 1 rings (SSSR count). The lowest BCUT2D eigenvalue weighted by Crippen LogP contribution is -2.28. The molecule has 1 aromatic carbocycles. The number of nitrogens with one attached hydrogen (secondary N) is 1. The average Bonchev–Trinajstić information content (AvgIpc) is 2.52. The van der Waals surface area contributed by atoms with E-state index in [0.29, 0.717) is 19.1 Å². The highest BCUT2D eigenvalue weighted by Crippen LogP contribution is 2.12. The number of benzene rings is 1. The van der Waals surface area contributed by atoms with Gasteiger partial charge in [-0.25, -0.2) is 0 Å². The maximum atomic E-state index is 5.59. The second kappa shape index (κ2) is 12.8. The van der Waals surface area contributed by atoms with Crippen molar-refractivity contribution in [1.29, 1.82) is 0 Å². The summed E-state index contributed by atoms with van der Waals surface area (Å²) in [5.74, 6) is 0.576. The van der Waals surface area contributed by atoms with Crippen molar-refractivity contribution in [2.24, 2.45) is 5.92 Å². The van der Waals surface area contributed by atoms with Crippen molar-refractivity contribution in [3.63, 3.8) is 0 Å². The summed E-state index contributed by atoms with van der Waals surface area (Å²) in [6.45, 7) is 4.76. The molecule has 1 unspecified atom stereocenters. The standard InChI is InChI=1S/C17H29NO3/c1-19-11-9-18-15-17(8-10-21-13-12-20-2)14-16-6-4-3-5-7-16/h3-7,17-18H,8-15H2,1-2H3. The summed E-state index contributed by atoms with van der Waals surface area (Å²) in [5, 5.41) is 3.45. The Labute approximate surface area is 128 Å². The Hall–Kier alpha value is -0.940. The highest BCUT2D eigenvalue weighted by Gasteiger charge is 2.09. The molecule has 0 aromatic heterocycles. The summed E-state index contributed by atoms with van der Waals surface area (Å²) in [6, 6.07) is 10.6. The summed E-state index contributed by atoms with van der Waals surface area (Å²) in [5.41, 5.74) is 1.38. The zero-order chi connectivity index (χ0) is 15.2. The first-order valence-corrected chi connectivity index (χ1v) is 7.67. The molecule has 0 aliphatic heterocycles. The molecule has 120 valence electrons. The summed E-state index contributed by atoms with van der Waals surface area (Å²) in [6.07, 6.45) is 2.13. The molecule has 0 bridgehead atoms. The molecular weight excluding hydrogens is 266 g/mol. The largest absolute Gasteiger partial charge is 0.383 e. The van der Waals surface area contributed by atoms with E-state index in [2.05, 4.69) is 35.6 Å². The van der Waals surface area contributed by atoms with E-state index >= 15 is 0 Å². The van der Waals surface area contributed by atoms with Gasteiger partial charge in [-0.15, -0.1) is 0 Å². The van der Waals surface area contributed by atoms with Crippen LogP contribution in [0.25, 0.3) is 0 Å². The Morgan fingerprint density at radius 1 is 0.952 bits per heavy atom. The van der Waals surface area contributed by atoms with Gasteiger partial charge in [0, 0.05) is 27.4 Å². The van der Waals surface area contributed by atoms with Crippen LogP contribution in [-0.4, -0.2) is 53.7 Å². The van der Waals surface area contributed by atoms with Crippen LogP contribution in [0.3, 0.4) is 0 Å². The number of methoxy groups -OCH3 is 2. The zero-order valence-electron chi connectivity index (χ0n) is 13.3. The van der Waals surface area contributed by atoms with Crippen LogP contribution in [0.4, 0.5) is 0 Å². The number of ether oxygens (including phenoxy) is 3. The molecule has 0 saturated carbocycles. The van der Waals surface area contributed by atoms with Crippen molar-refractivity contribution >= 4 is 0 Å². The molecule has 0 fully saturated rings. The SMILES string of the molecule is COCCNCC(CCOCCOC)Cc1ccccc1. The Morgan fingerprint density at radius 3 is 2.43 bits per heavy atom. The van der Waals surface area contributed by atoms with E-state index < -0.39 is 0 Å². The summed E-state index contributed by atoms with van der Waals surface area (Å²) in [4.78, 5) is 0. The highest BCUT2D eigenvalue weighted by atomic mass is 16.5. The molecule has 0 radical (unpaired) electrons. The van der Waals surface area contributed by atoms with Gasteiger partial charge in [-0.1, -0.05) is 30.3 Å². The predicted molar refractivity (Wildman–Crippen MR) is 85.7 cm³/mol. The van der Waals surface area contributed by atoms with Gasteiger partial charge in [0.15, 0.2) is 0 Å². The van der Waals surface area contributed by atoms with E-state index in [1.54, 1.807) is 14.2 Å². The Bertz CT molecular complexity index is 332. The van der Waals surface area contributed by atoms with Crippen LogP contribution in [0.5, 0.6) is 0 Å². The lowest BCUT2D eigenvalue weighted by Gasteiger charge is -2.18. The lowest BCUT2D eigenvalue weighted by atomic mass is 9.96. The first kappa shape index (κ1) is 18.1. The normalized spacial score (nSPS) is 12.5. The number of hydrogen-bond acceptors (Lipinski definition) is 4. The maximum absolute atomic E-state index is 5.59. The molecule has 1 N–H and O–H groups in total. The molecule has 1 aromatic rings. The minimum absolute atomic E-state index is 0.576. The van der Waals surface area contributed by atoms with E-state index in [1.807, 2.05) is 0 Å². The van der Waals surface area contributed by atoms with Gasteiger partial charge in [0.2, 0.25) is 0 Å². The first-order valence-electron chi connectivity index (χ1n) is 7.67. The molecule has 0 saturated heterocycles. The summed E-state index contributed by atoms with van der Waals surface area (Å²) in [7, 11) is 3.42. The maximum Gasteiger partial charge on any atom is 0.0700 e. The predicted octanol–water partition coefficient (Wildman–Crippen LogP) is 2.13. The minimum Gasteiger partial charge on any atom is -0.383 e. The second-order valence-electron chi connectivity index (χ2n) is 5.15. The number of hydrogen-bond donors (Lipinski definition) is 1. The highest BCUT2D eigenvalue weighted by molar-refractivity contribution is 5.15. The van der Waals surface area contributed by atoms with Crippen LogP contribution in [-0.2, 0) is 20.6 Å². The van der Waals surface area contributed by atoms with Gasteiger partial charge in [-0.2, -0.15) is 0 Å². The second-order valence-corrected chi connectivity index (χ2v) is 5.15. The van der Waals surface area contributed by atoms with Crippen LogP contribution in [0.2, 0.25) is 0 Å². The molecule has 0 spiro atoms. The number of rotatable bonds is 13. The third-order valence-corrected chi connectivity index (χ3v) is 3.39. The van der Waals surface area contributed by atoms with Crippen LogP contribution >= 0.6 is 0 Å². The van der Waals surface area contributed by atoms with E-state index in [-0.39, 0.29) is 0 Å². The van der Waals surface area contributed by atoms with Crippen molar-refractivity contribution in [3.8, 4) is 0 Å². The Morgan fingerprint density at radius 2 is 1.71 bits per heavy atom. The van der Waals surface area contributed by atoms with E-state index in [0.717, 1.165) is 39.1 Å². The van der Waals surface area contributed by atoms with E-state index in [4.69, 9.17) is 14.2 Å². The van der Waals surface area contributed by atoms with Crippen molar-refractivity contribution in [1.82, 2.24) is 5.32 Å². The quantitative estimate of drug-likeness (QED) is 0.566. The van der Waals surface area contributed by atoms with Gasteiger partial charge >= 0.3 is 0 Å². The molecule has 4 heteroatoms. The fourth-order valence-electron chi connectivity index (χ4n) is 2.20. The van der Waals surface area contributed by atoms with E-state index in [1.165, 1.54) is 5.56 Å². The molecule has 0 aliphatic rings. The van der Waals surface area contributed by atoms with Crippen LogP contribution in [0.15, 0.2) is 30.3 Å². The fraction of sp³-hybridized carbons (Fsp3) is 0.647. The van der Waals surface area contributed by atoms with E-state index in [9.17, 15) is 0 Å². The monoisotopic (exact) mass is 295 g/mol. The van der Waals surface area contributed by atoms with Crippen LogP contribution in [0.1, 0.15) is 12.0 Å².